The number of amides is 2. The van der Waals surface area contributed by atoms with E-state index in [0.29, 0.717) is 12.2 Å². The number of alkyl carbamates (subject to hydrolysis) is 1. The number of rotatable bonds is 3. The van der Waals surface area contributed by atoms with Gasteiger partial charge in [-0.3, -0.25) is 9.78 Å². The molecule has 1 aromatic heterocycles. The Kier molecular flexibility index (Phi) is 5.07. The Labute approximate surface area is 119 Å². The molecule has 0 aliphatic heterocycles. The van der Waals surface area contributed by atoms with Gasteiger partial charge in [-0.1, -0.05) is 6.07 Å². The van der Waals surface area contributed by atoms with Gasteiger partial charge in [0.2, 0.25) is 0 Å². The van der Waals surface area contributed by atoms with Gasteiger partial charge in [-0.25, -0.2) is 4.79 Å². The summed E-state index contributed by atoms with van der Waals surface area (Å²) in [4.78, 5) is 28.7. The van der Waals surface area contributed by atoms with Gasteiger partial charge in [0.1, 0.15) is 11.3 Å². The molecule has 6 nitrogen and oxygen atoms in total. The zero-order valence-corrected chi connectivity index (χ0v) is 12.6. The third-order valence-corrected chi connectivity index (χ3v) is 2.29. The van der Waals surface area contributed by atoms with Crippen molar-refractivity contribution in [2.24, 2.45) is 0 Å². The number of pyridine rings is 1. The summed E-state index contributed by atoms with van der Waals surface area (Å²) in [7, 11) is 3.34. The average Bonchev–Trinajstić information content (AvgIpc) is 2.34. The van der Waals surface area contributed by atoms with E-state index in [0.717, 1.165) is 5.56 Å². The van der Waals surface area contributed by atoms with E-state index in [4.69, 9.17) is 4.74 Å². The SMILES string of the molecule is CN(C)C(=O)c1ccc(CNC(=O)OC(C)(C)C)cn1. The molecule has 6 heteroatoms. The number of carbonyl (C=O) groups excluding carboxylic acids is 2. The second kappa shape index (κ2) is 6.36. The predicted molar refractivity (Wildman–Crippen MR) is 75.3 cm³/mol. The maximum Gasteiger partial charge on any atom is 0.407 e. The second-order valence-corrected chi connectivity index (χ2v) is 5.61. The van der Waals surface area contributed by atoms with Crippen LogP contribution in [-0.4, -0.2) is 41.6 Å². The number of carbonyl (C=O) groups is 2. The fraction of sp³-hybridized carbons (Fsp3) is 0.500. The van der Waals surface area contributed by atoms with E-state index >= 15 is 0 Å². The van der Waals surface area contributed by atoms with Crippen LogP contribution in [0.2, 0.25) is 0 Å². The fourth-order valence-electron chi connectivity index (χ4n) is 1.37. The highest BCUT2D eigenvalue weighted by Gasteiger charge is 2.15. The Bertz CT molecular complexity index is 475. The van der Waals surface area contributed by atoms with Crippen molar-refractivity contribution in [3.05, 3.63) is 29.6 Å². The number of aromatic nitrogens is 1. The first-order valence-corrected chi connectivity index (χ1v) is 6.32. The van der Waals surface area contributed by atoms with Crippen LogP contribution in [0.3, 0.4) is 0 Å². The van der Waals surface area contributed by atoms with Crippen LogP contribution in [0.15, 0.2) is 18.3 Å². The molecule has 0 radical (unpaired) electrons. The van der Waals surface area contributed by atoms with Crippen molar-refractivity contribution in [3.8, 4) is 0 Å². The van der Waals surface area contributed by atoms with Crippen molar-refractivity contribution in [2.45, 2.75) is 32.9 Å². The molecule has 0 aromatic carbocycles. The Morgan fingerprint density at radius 1 is 1.30 bits per heavy atom. The fourth-order valence-corrected chi connectivity index (χ4v) is 1.37. The second-order valence-electron chi connectivity index (χ2n) is 5.61. The highest BCUT2D eigenvalue weighted by Crippen LogP contribution is 2.07. The molecule has 2 amide bonds. The number of hydrogen-bond donors (Lipinski definition) is 1. The minimum atomic E-state index is -0.523. The standard InChI is InChI=1S/C14H21N3O3/c1-14(2,3)20-13(19)16-9-10-6-7-11(15-8-10)12(18)17(4)5/h6-8H,9H2,1-5H3,(H,16,19). The average molecular weight is 279 g/mol. The van der Waals surface area contributed by atoms with Gasteiger partial charge in [0.25, 0.3) is 5.91 Å². The van der Waals surface area contributed by atoms with Gasteiger partial charge in [0.05, 0.1) is 0 Å². The monoisotopic (exact) mass is 279 g/mol. The van der Waals surface area contributed by atoms with E-state index in [1.807, 2.05) is 0 Å². The van der Waals surface area contributed by atoms with E-state index in [9.17, 15) is 9.59 Å². The topological polar surface area (TPSA) is 71.5 Å². The molecule has 1 heterocycles. The molecular formula is C14H21N3O3. The minimum Gasteiger partial charge on any atom is -0.444 e. The summed E-state index contributed by atoms with van der Waals surface area (Å²) in [6.07, 6.45) is 1.08. The van der Waals surface area contributed by atoms with Gasteiger partial charge in [-0.05, 0) is 32.4 Å². The smallest absolute Gasteiger partial charge is 0.407 e. The molecule has 0 spiro atoms. The van der Waals surface area contributed by atoms with Crippen molar-refractivity contribution in [3.63, 3.8) is 0 Å². The summed E-state index contributed by atoms with van der Waals surface area (Å²) in [5, 5.41) is 2.63. The Morgan fingerprint density at radius 2 is 1.95 bits per heavy atom. The van der Waals surface area contributed by atoms with Gasteiger partial charge < -0.3 is 15.0 Å². The normalized spacial score (nSPS) is 10.8. The highest BCUT2D eigenvalue weighted by atomic mass is 16.6. The summed E-state index contributed by atoms with van der Waals surface area (Å²) < 4.78 is 5.12. The van der Waals surface area contributed by atoms with Crippen LogP contribution in [0.25, 0.3) is 0 Å². The molecule has 0 unspecified atom stereocenters. The molecule has 0 aliphatic carbocycles. The van der Waals surface area contributed by atoms with E-state index in [-0.39, 0.29) is 5.91 Å². The summed E-state index contributed by atoms with van der Waals surface area (Å²) >= 11 is 0. The van der Waals surface area contributed by atoms with E-state index in [1.165, 1.54) is 4.90 Å². The van der Waals surface area contributed by atoms with Crippen molar-refractivity contribution >= 4 is 12.0 Å². The van der Waals surface area contributed by atoms with Crippen LogP contribution in [-0.2, 0) is 11.3 Å². The van der Waals surface area contributed by atoms with Gasteiger partial charge >= 0.3 is 6.09 Å². The molecule has 1 rings (SSSR count). The number of hydrogen-bond acceptors (Lipinski definition) is 4. The van der Waals surface area contributed by atoms with E-state index < -0.39 is 11.7 Å². The summed E-state index contributed by atoms with van der Waals surface area (Å²) in [6.45, 7) is 5.71. The third kappa shape index (κ3) is 5.26. The molecule has 0 saturated heterocycles. The molecule has 20 heavy (non-hydrogen) atoms. The first kappa shape index (κ1) is 15.9. The van der Waals surface area contributed by atoms with Crippen molar-refractivity contribution in [1.29, 1.82) is 0 Å². The van der Waals surface area contributed by atoms with Gasteiger partial charge in [0.15, 0.2) is 0 Å². The molecule has 1 N–H and O–H groups in total. The quantitative estimate of drug-likeness (QED) is 0.916. The molecule has 0 aliphatic rings. The van der Waals surface area contributed by atoms with E-state index in [2.05, 4.69) is 10.3 Å². The first-order chi connectivity index (χ1) is 9.19. The first-order valence-electron chi connectivity index (χ1n) is 6.32. The lowest BCUT2D eigenvalue weighted by Gasteiger charge is -2.19. The number of nitrogens with zero attached hydrogens (tertiary/aromatic N) is 2. The summed E-state index contributed by atoms with van der Waals surface area (Å²) in [5.41, 5.74) is 0.645. The molecule has 1 aromatic rings. The lowest BCUT2D eigenvalue weighted by molar-refractivity contribution is 0.0523. The maximum absolute atomic E-state index is 11.7. The van der Waals surface area contributed by atoms with Crippen LogP contribution < -0.4 is 5.32 Å². The van der Waals surface area contributed by atoms with Crippen LogP contribution in [0, 0.1) is 0 Å². The lowest BCUT2D eigenvalue weighted by atomic mass is 10.2. The molecule has 0 bridgehead atoms. The number of ether oxygens (including phenoxy) is 1. The Balaban J connectivity index is 2.54. The summed E-state index contributed by atoms with van der Waals surface area (Å²) in [6, 6.07) is 3.38. The third-order valence-electron chi connectivity index (χ3n) is 2.29. The van der Waals surface area contributed by atoms with Crippen molar-refractivity contribution in [2.75, 3.05) is 14.1 Å². The molecule has 0 saturated carbocycles. The molecule has 0 atom stereocenters. The zero-order chi connectivity index (χ0) is 15.3. The Hall–Kier alpha value is -2.11. The van der Waals surface area contributed by atoms with Crippen LogP contribution in [0.5, 0.6) is 0 Å². The van der Waals surface area contributed by atoms with Gasteiger partial charge in [-0.2, -0.15) is 0 Å². The number of nitrogens with one attached hydrogen (secondary N) is 1. The molecular weight excluding hydrogens is 258 g/mol. The van der Waals surface area contributed by atoms with Gasteiger partial charge in [0, 0.05) is 26.8 Å². The van der Waals surface area contributed by atoms with Crippen LogP contribution >= 0.6 is 0 Å². The lowest BCUT2D eigenvalue weighted by Crippen LogP contribution is -2.32. The molecule has 0 fully saturated rings. The summed E-state index contributed by atoms with van der Waals surface area (Å²) in [5.74, 6) is -0.156. The maximum atomic E-state index is 11.7. The largest absolute Gasteiger partial charge is 0.444 e. The Morgan fingerprint density at radius 3 is 2.40 bits per heavy atom. The van der Waals surface area contributed by atoms with Crippen molar-refractivity contribution < 1.29 is 14.3 Å². The van der Waals surface area contributed by atoms with E-state index in [1.54, 1.807) is 53.2 Å². The minimum absolute atomic E-state index is 0.156. The molecule has 110 valence electrons. The van der Waals surface area contributed by atoms with Crippen LogP contribution in [0.1, 0.15) is 36.8 Å². The zero-order valence-electron chi connectivity index (χ0n) is 12.6. The van der Waals surface area contributed by atoms with Gasteiger partial charge in [-0.15, -0.1) is 0 Å². The predicted octanol–water partition coefficient (Wildman–Crippen LogP) is 1.81. The highest BCUT2D eigenvalue weighted by molar-refractivity contribution is 5.91. The van der Waals surface area contributed by atoms with Crippen molar-refractivity contribution in [1.82, 2.24) is 15.2 Å². The van der Waals surface area contributed by atoms with Crippen LogP contribution in [0.4, 0.5) is 4.79 Å².